The molecule has 1 nitrogen and oxygen atoms in total. The minimum atomic E-state index is -0.934. The second-order valence-corrected chi connectivity index (χ2v) is 4.41. The number of hydrogen-bond acceptors (Lipinski definition) is 1. The Hall–Kier alpha value is -0.890. The normalized spacial score (nSPS) is 14.1. The van der Waals surface area contributed by atoms with Gasteiger partial charge in [0.15, 0.2) is 0 Å². The first kappa shape index (κ1) is 11.2. The van der Waals surface area contributed by atoms with E-state index in [1.165, 1.54) is 6.92 Å². The molecule has 0 aliphatic rings. The molecule has 1 aromatic carbocycles. The second-order valence-electron chi connectivity index (χ2n) is 4.41. The van der Waals surface area contributed by atoms with Crippen LogP contribution >= 0.6 is 0 Å². The molecule has 0 radical (unpaired) electrons. The van der Waals surface area contributed by atoms with Gasteiger partial charge < -0.3 is 5.73 Å². The van der Waals surface area contributed by atoms with E-state index in [1.54, 1.807) is 0 Å². The first-order chi connectivity index (χ1) is 6.32. The fraction of sp³-hybridized carbons (Fsp3) is 0.500. The van der Waals surface area contributed by atoms with E-state index in [9.17, 15) is 4.39 Å². The molecule has 0 amide bonds. The van der Waals surface area contributed by atoms with Crippen LogP contribution in [0.3, 0.4) is 0 Å². The summed E-state index contributed by atoms with van der Waals surface area (Å²) in [5.41, 5.74) is 8.42. The highest BCUT2D eigenvalue weighted by Gasteiger charge is 2.17. The Morgan fingerprint density at radius 1 is 1.36 bits per heavy atom. The maximum atomic E-state index is 13.1. The van der Waals surface area contributed by atoms with Gasteiger partial charge in [-0.25, -0.2) is 4.39 Å². The quantitative estimate of drug-likeness (QED) is 0.770. The summed E-state index contributed by atoms with van der Waals surface area (Å²) in [6.45, 7) is 7.40. The minimum absolute atomic E-state index is 0.408. The van der Waals surface area contributed by atoms with Crippen molar-refractivity contribution in [3.05, 3.63) is 34.9 Å². The van der Waals surface area contributed by atoms with E-state index in [-0.39, 0.29) is 0 Å². The predicted octanol–water partition coefficient (Wildman–Crippen LogP) is 3.22. The van der Waals surface area contributed by atoms with Gasteiger partial charge in [-0.15, -0.1) is 0 Å². The van der Waals surface area contributed by atoms with Crippen LogP contribution in [0.25, 0.3) is 0 Å². The van der Waals surface area contributed by atoms with Crippen LogP contribution in [0.15, 0.2) is 18.2 Å². The van der Waals surface area contributed by atoms with Gasteiger partial charge >= 0.3 is 0 Å². The van der Waals surface area contributed by atoms with Crippen LogP contribution in [0.1, 0.15) is 43.6 Å². The highest BCUT2D eigenvalue weighted by Crippen LogP contribution is 2.26. The lowest BCUT2D eigenvalue weighted by molar-refractivity contribution is 0.373. The first-order valence-corrected chi connectivity index (χ1v) is 4.86. The fourth-order valence-corrected chi connectivity index (χ4v) is 1.58. The molecule has 1 rings (SSSR count). The third kappa shape index (κ3) is 2.32. The van der Waals surface area contributed by atoms with E-state index in [0.717, 1.165) is 11.1 Å². The lowest BCUT2D eigenvalue weighted by Gasteiger charge is -2.22. The average Bonchev–Trinajstić information content (AvgIpc) is 2.02. The fourth-order valence-electron chi connectivity index (χ4n) is 1.58. The summed E-state index contributed by atoms with van der Waals surface area (Å²) in [6, 6.07) is 5.60. The zero-order chi connectivity index (χ0) is 10.9. The summed E-state index contributed by atoms with van der Waals surface area (Å²) in [6.07, 6.45) is -0.934. The van der Waals surface area contributed by atoms with Crippen molar-refractivity contribution in [1.82, 2.24) is 0 Å². The Balaban J connectivity index is 3.22. The molecular formula is C12H18FN. The second kappa shape index (κ2) is 3.70. The lowest BCUT2D eigenvalue weighted by Crippen LogP contribution is -2.29. The van der Waals surface area contributed by atoms with Gasteiger partial charge in [0, 0.05) is 5.54 Å². The number of nitrogens with two attached hydrogens (primary N) is 1. The maximum absolute atomic E-state index is 13.1. The third-order valence-electron chi connectivity index (χ3n) is 2.42. The Morgan fingerprint density at radius 3 is 2.36 bits per heavy atom. The summed E-state index contributed by atoms with van der Waals surface area (Å²) in [7, 11) is 0. The first-order valence-electron chi connectivity index (χ1n) is 4.86. The Kier molecular flexibility index (Phi) is 2.95. The highest BCUT2D eigenvalue weighted by atomic mass is 19.1. The molecule has 0 saturated carbocycles. The van der Waals surface area contributed by atoms with E-state index < -0.39 is 11.7 Å². The molecule has 0 bridgehead atoms. The number of halogens is 1. The Labute approximate surface area is 85.1 Å². The number of hydrogen-bond donors (Lipinski definition) is 1. The molecule has 1 aromatic rings. The molecule has 1 atom stereocenters. The number of alkyl halides is 1. The highest BCUT2D eigenvalue weighted by molar-refractivity contribution is 5.36. The SMILES string of the molecule is Cc1ccc(C(C)F)cc1C(C)(C)N. The molecule has 1 unspecified atom stereocenters. The van der Waals surface area contributed by atoms with E-state index in [2.05, 4.69) is 0 Å². The molecule has 0 aromatic heterocycles. The van der Waals surface area contributed by atoms with Gasteiger partial charge in [-0.2, -0.15) is 0 Å². The van der Waals surface area contributed by atoms with Crippen molar-refractivity contribution in [2.45, 2.75) is 39.4 Å². The van der Waals surface area contributed by atoms with Gasteiger partial charge in [0.1, 0.15) is 6.17 Å². The predicted molar refractivity (Wildman–Crippen MR) is 57.9 cm³/mol. The molecule has 0 saturated heterocycles. The molecule has 2 N–H and O–H groups in total. The van der Waals surface area contributed by atoms with Crippen molar-refractivity contribution in [3.8, 4) is 0 Å². The van der Waals surface area contributed by atoms with Crippen LogP contribution in [-0.4, -0.2) is 0 Å². The van der Waals surface area contributed by atoms with Gasteiger partial charge in [0.2, 0.25) is 0 Å². The van der Waals surface area contributed by atoms with Crippen LogP contribution in [0.2, 0.25) is 0 Å². The summed E-state index contributed by atoms with van der Waals surface area (Å²) >= 11 is 0. The van der Waals surface area contributed by atoms with Crippen LogP contribution in [0, 0.1) is 6.92 Å². The van der Waals surface area contributed by atoms with Gasteiger partial charge in [-0.3, -0.25) is 0 Å². The Bertz CT molecular complexity index is 324. The number of aryl methyl sites for hydroxylation is 1. The van der Waals surface area contributed by atoms with Crippen molar-refractivity contribution in [2.75, 3.05) is 0 Å². The third-order valence-corrected chi connectivity index (χ3v) is 2.42. The van der Waals surface area contributed by atoms with Crippen LogP contribution in [0.4, 0.5) is 4.39 Å². The smallest absolute Gasteiger partial charge is 0.122 e. The van der Waals surface area contributed by atoms with Gasteiger partial charge in [0.25, 0.3) is 0 Å². The number of benzene rings is 1. The summed E-state index contributed by atoms with van der Waals surface area (Å²) in [4.78, 5) is 0. The maximum Gasteiger partial charge on any atom is 0.122 e. The van der Waals surface area contributed by atoms with Crippen LogP contribution < -0.4 is 5.73 Å². The van der Waals surface area contributed by atoms with Gasteiger partial charge in [-0.05, 0) is 44.4 Å². The molecule has 14 heavy (non-hydrogen) atoms. The zero-order valence-corrected chi connectivity index (χ0v) is 9.26. The Morgan fingerprint density at radius 2 is 1.93 bits per heavy atom. The van der Waals surface area contributed by atoms with E-state index >= 15 is 0 Å². The summed E-state index contributed by atoms with van der Waals surface area (Å²) < 4.78 is 13.1. The topological polar surface area (TPSA) is 26.0 Å². The molecule has 0 spiro atoms. The van der Waals surface area contributed by atoms with Gasteiger partial charge in [0.05, 0.1) is 0 Å². The molecule has 2 heteroatoms. The summed E-state index contributed by atoms with van der Waals surface area (Å²) in [5.74, 6) is 0. The van der Waals surface area contributed by atoms with Crippen LogP contribution in [-0.2, 0) is 5.54 Å². The molecule has 0 heterocycles. The molecule has 0 fully saturated rings. The van der Waals surface area contributed by atoms with Crippen LogP contribution in [0.5, 0.6) is 0 Å². The average molecular weight is 195 g/mol. The molecule has 0 aliphatic heterocycles. The van der Waals surface area contributed by atoms with E-state index in [0.29, 0.717) is 5.56 Å². The van der Waals surface area contributed by atoms with Crippen molar-refractivity contribution in [1.29, 1.82) is 0 Å². The number of rotatable bonds is 2. The standard InChI is InChI=1S/C12H18FN/c1-8-5-6-10(9(2)13)7-11(8)12(3,4)14/h5-7,9H,14H2,1-4H3. The molecular weight excluding hydrogens is 177 g/mol. The van der Waals surface area contributed by atoms with Crippen molar-refractivity contribution >= 4 is 0 Å². The molecule has 0 aliphatic carbocycles. The monoisotopic (exact) mass is 195 g/mol. The minimum Gasteiger partial charge on any atom is -0.322 e. The molecule has 78 valence electrons. The van der Waals surface area contributed by atoms with Crippen molar-refractivity contribution in [3.63, 3.8) is 0 Å². The van der Waals surface area contributed by atoms with Crippen molar-refractivity contribution < 1.29 is 4.39 Å². The van der Waals surface area contributed by atoms with Crippen molar-refractivity contribution in [2.24, 2.45) is 5.73 Å². The van der Waals surface area contributed by atoms with E-state index in [1.807, 2.05) is 39.0 Å². The zero-order valence-electron chi connectivity index (χ0n) is 9.26. The largest absolute Gasteiger partial charge is 0.322 e. The summed E-state index contributed by atoms with van der Waals surface area (Å²) in [5, 5.41) is 0. The van der Waals surface area contributed by atoms with Gasteiger partial charge in [-0.1, -0.05) is 18.2 Å². The lowest BCUT2D eigenvalue weighted by atomic mass is 9.89. The van der Waals surface area contributed by atoms with E-state index in [4.69, 9.17) is 5.73 Å².